The molecule has 1 aliphatic heterocycles. The first-order valence-corrected chi connectivity index (χ1v) is 7.90. The first-order valence-electron chi connectivity index (χ1n) is 7.52. The monoisotopic (exact) mass is 304 g/mol. The van der Waals surface area contributed by atoms with Crippen molar-refractivity contribution in [1.82, 2.24) is 4.90 Å². The summed E-state index contributed by atoms with van der Waals surface area (Å²) in [6.07, 6.45) is 5.28. The van der Waals surface area contributed by atoms with Crippen molar-refractivity contribution >= 4 is 17.4 Å². The summed E-state index contributed by atoms with van der Waals surface area (Å²) in [6.45, 7) is 3.43. The van der Waals surface area contributed by atoms with Gasteiger partial charge < -0.3 is 0 Å². The van der Waals surface area contributed by atoms with Crippen LogP contribution in [0.1, 0.15) is 50.2 Å². The van der Waals surface area contributed by atoms with E-state index >= 15 is 0 Å². The maximum atomic E-state index is 11.5. The largest absolute Gasteiger partial charge is 0.300 e. The Labute approximate surface area is 131 Å². The number of Topliss-reactive ketones (excluding diaryl/α,β-unsaturated/α-hetero) is 1. The summed E-state index contributed by atoms with van der Waals surface area (Å²) in [7, 11) is 0. The van der Waals surface area contributed by atoms with E-state index in [-0.39, 0.29) is 5.78 Å². The van der Waals surface area contributed by atoms with Crippen molar-refractivity contribution in [1.29, 1.82) is 5.26 Å². The van der Waals surface area contributed by atoms with E-state index in [0.29, 0.717) is 23.0 Å². The van der Waals surface area contributed by atoms with Gasteiger partial charge in [0, 0.05) is 24.0 Å². The van der Waals surface area contributed by atoms with Crippen molar-refractivity contribution in [2.24, 2.45) is 0 Å². The van der Waals surface area contributed by atoms with Gasteiger partial charge in [-0.05, 0) is 44.0 Å². The maximum Gasteiger partial charge on any atom is 0.131 e. The second-order valence-electron chi connectivity index (χ2n) is 5.80. The lowest BCUT2D eigenvalue weighted by Gasteiger charge is -2.29. The van der Waals surface area contributed by atoms with Gasteiger partial charge in [0.1, 0.15) is 5.78 Å². The normalized spacial score (nSPS) is 19.8. The van der Waals surface area contributed by atoms with Crippen LogP contribution in [0.15, 0.2) is 18.2 Å². The number of carbonyl (C=O) groups excluding carboxylic acids is 1. The number of halogens is 1. The van der Waals surface area contributed by atoms with Crippen molar-refractivity contribution < 1.29 is 4.79 Å². The lowest BCUT2D eigenvalue weighted by molar-refractivity contribution is -0.118. The Kier molecular flexibility index (Phi) is 5.78. The molecular weight excluding hydrogens is 284 g/mol. The van der Waals surface area contributed by atoms with Gasteiger partial charge >= 0.3 is 0 Å². The van der Waals surface area contributed by atoms with Crippen LogP contribution in [0.25, 0.3) is 0 Å². The number of nitriles is 1. The fraction of sp³-hybridized carbons (Fsp3) is 0.529. The van der Waals surface area contributed by atoms with E-state index < -0.39 is 0 Å². The van der Waals surface area contributed by atoms with Crippen molar-refractivity contribution in [2.45, 2.75) is 51.6 Å². The number of hydrogen-bond acceptors (Lipinski definition) is 3. The van der Waals surface area contributed by atoms with Crippen molar-refractivity contribution in [2.75, 3.05) is 6.54 Å². The first-order chi connectivity index (χ1) is 10.1. The van der Waals surface area contributed by atoms with Gasteiger partial charge in [0.2, 0.25) is 0 Å². The van der Waals surface area contributed by atoms with Gasteiger partial charge in [0.05, 0.1) is 11.6 Å². The molecule has 1 unspecified atom stereocenters. The highest BCUT2D eigenvalue weighted by atomic mass is 35.5. The number of hydrogen-bond donors (Lipinski definition) is 0. The van der Waals surface area contributed by atoms with Gasteiger partial charge in [-0.3, -0.25) is 9.69 Å². The predicted octanol–water partition coefficient (Wildman–Crippen LogP) is 3.94. The van der Waals surface area contributed by atoms with Gasteiger partial charge in [-0.2, -0.15) is 5.26 Å². The fourth-order valence-electron chi connectivity index (χ4n) is 2.97. The number of rotatable bonds is 4. The maximum absolute atomic E-state index is 11.5. The molecule has 0 aliphatic carbocycles. The van der Waals surface area contributed by atoms with Crippen LogP contribution in [0.2, 0.25) is 5.02 Å². The Morgan fingerprint density at radius 3 is 2.90 bits per heavy atom. The standard InChI is InChI=1S/C17H21ClN2O/c1-13(21)9-16-5-3-2-4-8-20(16)12-15-7-6-14(11-19)10-17(15)18/h6-7,10,16H,2-5,8-9,12H2,1H3. The van der Waals surface area contributed by atoms with Crippen LogP contribution in [-0.4, -0.2) is 23.3 Å². The van der Waals surface area contributed by atoms with Crippen LogP contribution in [0.3, 0.4) is 0 Å². The third kappa shape index (κ3) is 4.56. The zero-order chi connectivity index (χ0) is 15.2. The van der Waals surface area contributed by atoms with E-state index in [1.54, 1.807) is 19.1 Å². The Morgan fingerprint density at radius 1 is 1.43 bits per heavy atom. The van der Waals surface area contributed by atoms with E-state index in [0.717, 1.165) is 25.1 Å². The molecule has 21 heavy (non-hydrogen) atoms. The number of likely N-dealkylation sites (tertiary alicyclic amines) is 1. The van der Waals surface area contributed by atoms with E-state index in [1.807, 2.05) is 6.07 Å². The summed E-state index contributed by atoms with van der Waals surface area (Å²) in [6, 6.07) is 7.87. The highest BCUT2D eigenvalue weighted by Crippen LogP contribution is 2.25. The molecule has 2 rings (SSSR count). The van der Waals surface area contributed by atoms with Crippen molar-refractivity contribution in [3.63, 3.8) is 0 Å². The average Bonchev–Trinajstić information content (AvgIpc) is 2.66. The number of benzene rings is 1. The van der Waals surface area contributed by atoms with Crippen LogP contribution < -0.4 is 0 Å². The van der Waals surface area contributed by atoms with Crippen LogP contribution in [0.5, 0.6) is 0 Å². The summed E-state index contributed by atoms with van der Waals surface area (Å²) in [5, 5.41) is 9.53. The van der Waals surface area contributed by atoms with E-state index in [4.69, 9.17) is 16.9 Å². The highest BCUT2D eigenvalue weighted by molar-refractivity contribution is 6.31. The third-order valence-corrected chi connectivity index (χ3v) is 4.43. The molecule has 0 saturated carbocycles. The predicted molar refractivity (Wildman–Crippen MR) is 84.1 cm³/mol. The molecule has 0 radical (unpaired) electrons. The zero-order valence-electron chi connectivity index (χ0n) is 12.4. The molecule has 1 atom stereocenters. The lowest BCUT2D eigenvalue weighted by atomic mass is 10.0. The molecule has 1 aromatic carbocycles. The Bertz CT molecular complexity index is 550. The molecule has 0 N–H and O–H groups in total. The molecule has 1 aromatic rings. The van der Waals surface area contributed by atoms with Gasteiger partial charge in [-0.15, -0.1) is 0 Å². The molecule has 0 amide bonds. The lowest BCUT2D eigenvalue weighted by Crippen LogP contribution is -2.35. The molecule has 1 fully saturated rings. The van der Waals surface area contributed by atoms with Crippen molar-refractivity contribution in [3.8, 4) is 6.07 Å². The molecule has 1 heterocycles. The molecule has 4 heteroatoms. The number of ketones is 1. The topological polar surface area (TPSA) is 44.1 Å². The second kappa shape index (κ2) is 7.59. The average molecular weight is 305 g/mol. The molecule has 0 aromatic heterocycles. The molecule has 0 bridgehead atoms. The molecule has 0 spiro atoms. The second-order valence-corrected chi connectivity index (χ2v) is 6.20. The van der Waals surface area contributed by atoms with Gasteiger partial charge in [-0.25, -0.2) is 0 Å². The Balaban J connectivity index is 2.14. The summed E-state index contributed by atoms with van der Waals surface area (Å²) < 4.78 is 0. The Morgan fingerprint density at radius 2 is 2.24 bits per heavy atom. The molecule has 3 nitrogen and oxygen atoms in total. The quantitative estimate of drug-likeness (QED) is 0.846. The molecule has 1 aliphatic rings. The van der Waals surface area contributed by atoms with Crippen LogP contribution >= 0.6 is 11.6 Å². The number of carbonyl (C=O) groups is 1. The van der Waals surface area contributed by atoms with E-state index in [9.17, 15) is 4.79 Å². The molecule has 112 valence electrons. The SMILES string of the molecule is CC(=O)CC1CCCCCN1Cc1ccc(C#N)cc1Cl. The summed E-state index contributed by atoms with van der Waals surface area (Å²) in [5.41, 5.74) is 1.62. The first kappa shape index (κ1) is 16.0. The third-order valence-electron chi connectivity index (χ3n) is 4.08. The van der Waals surface area contributed by atoms with Crippen LogP contribution in [0.4, 0.5) is 0 Å². The summed E-state index contributed by atoms with van der Waals surface area (Å²) in [5.74, 6) is 0.248. The minimum Gasteiger partial charge on any atom is -0.300 e. The molecular formula is C17H21ClN2O. The van der Waals surface area contributed by atoms with Crippen molar-refractivity contribution in [3.05, 3.63) is 34.3 Å². The van der Waals surface area contributed by atoms with Gasteiger partial charge in [0.25, 0.3) is 0 Å². The van der Waals surface area contributed by atoms with Crippen LogP contribution in [0, 0.1) is 11.3 Å². The van der Waals surface area contributed by atoms with Crippen LogP contribution in [-0.2, 0) is 11.3 Å². The number of nitrogens with zero attached hydrogens (tertiary/aromatic N) is 2. The van der Waals surface area contributed by atoms with E-state index in [2.05, 4.69) is 11.0 Å². The van der Waals surface area contributed by atoms with Gasteiger partial charge in [-0.1, -0.05) is 30.5 Å². The zero-order valence-corrected chi connectivity index (χ0v) is 13.2. The van der Waals surface area contributed by atoms with E-state index in [1.165, 1.54) is 19.3 Å². The fourth-order valence-corrected chi connectivity index (χ4v) is 3.21. The van der Waals surface area contributed by atoms with Gasteiger partial charge in [0.15, 0.2) is 0 Å². The summed E-state index contributed by atoms with van der Waals surface area (Å²) in [4.78, 5) is 13.9. The minimum absolute atomic E-state index is 0.248. The Hall–Kier alpha value is -1.37. The minimum atomic E-state index is 0.248. The summed E-state index contributed by atoms with van der Waals surface area (Å²) >= 11 is 6.28. The highest BCUT2D eigenvalue weighted by Gasteiger charge is 2.23. The molecule has 1 saturated heterocycles. The smallest absolute Gasteiger partial charge is 0.131 e.